The van der Waals surface area contributed by atoms with Crippen molar-refractivity contribution >= 4 is 11.2 Å². The zero-order valence-electron chi connectivity index (χ0n) is 15.9. The molecule has 2 aromatic heterocycles. The summed E-state index contributed by atoms with van der Waals surface area (Å²) >= 11 is 0. The molecule has 0 saturated heterocycles. The predicted molar refractivity (Wildman–Crippen MR) is 105 cm³/mol. The molecule has 0 amide bonds. The van der Waals surface area contributed by atoms with Crippen LogP contribution in [0.2, 0.25) is 0 Å². The summed E-state index contributed by atoms with van der Waals surface area (Å²) in [7, 11) is 6.31. The molecule has 2 heterocycles. The first-order chi connectivity index (χ1) is 13.4. The molecule has 0 fully saturated rings. The van der Waals surface area contributed by atoms with Crippen LogP contribution in [0.1, 0.15) is 11.4 Å². The fourth-order valence-electron chi connectivity index (χ4n) is 2.79. The predicted octanol–water partition coefficient (Wildman–Crippen LogP) is 0.484. The maximum absolute atomic E-state index is 12.7. The van der Waals surface area contributed by atoms with Crippen LogP contribution in [0.15, 0.2) is 27.8 Å². The van der Waals surface area contributed by atoms with E-state index < -0.39 is 11.2 Å². The van der Waals surface area contributed by atoms with Crippen molar-refractivity contribution in [2.45, 2.75) is 6.54 Å². The number of benzene rings is 1. The van der Waals surface area contributed by atoms with Gasteiger partial charge in [-0.2, -0.15) is 0 Å². The van der Waals surface area contributed by atoms with E-state index in [0.717, 1.165) is 4.57 Å². The molecule has 3 aromatic rings. The van der Waals surface area contributed by atoms with Gasteiger partial charge >= 0.3 is 5.69 Å². The lowest BCUT2D eigenvalue weighted by molar-refractivity contribution is 0.394. The molecular weight excluding hydrogens is 360 g/mol. The average molecular weight is 378 g/mol. The van der Waals surface area contributed by atoms with Crippen molar-refractivity contribution in [2.75, 3.05) is 14.2 Å². The zero-order valence-corrected chi connectivity index (χ0v) is 15.9. The van der Waals surface area contributed by atoms with E-state index in [2.05, 4.69) is 22.7 Å². The Morgan fingerprint density at radius 1 is 1.04 bits per heavy atom. The first-order valence-electron chi connectivity index (χ1n) is 8.26. The second-order valence-corrected chi connectivity index (χ2v) is 5.95. The summed E-state index contributed by atoms with van der Waals surface area (Å²) in [6.45, 7) is -0.114. The van der Waals surface area contributed by atoms with Crippen molar-refractivity contribution in [3.8, 4) is 35.7 Å². The molecule has 0 aliphatic carbocycles. The minimum absolute atomic E-state index is 0.114. The van der Waals surface area contributed by atoms with E-state index in [4.69, 9.17) is 15.9 Å². The van der Waals surface area contributed by atoms with Crippen molar-refractivity contribution < 1.29 is 9.47 Å². The summed E-state index contributed by atoms with van der Waals surface area (Å²) in [5.41, 5.74) is 0.137. The van der Waals surface area contributed by atoms with Gasteiger partial charge in [-0.05, 0) is 18.1 Å². The lowest BCUT2D eigenvalue weighted by Gasteiger charge is -2.05. The normalized spacial score (nSPS) is 10.2. The monoisotopic (exact) mass is 378 g/mol. The molecule has 0 aliphatic heterocycles. The zero-order chi connectivity index (χ0) is 20.4. The van der Waals surface area contributed by atoms with Gasteiger partial charge in [0.15, 0.2) is 17.0 Å². The van der Waals surface area contributed by atoms with Crippen molar-refractivity contribution in [1.29, 1.82) is 0 Å². The standard InChI is InChI=1S/C20H18N4O4/c1-6-9-24-19(25)17-18(23(3)20(24)26)21-16(22(17)2)8-7-13-10-14(27-4)12-15(11-13)28-5/h1,10-12H,9H2,2-5H3. The molecule has 8 nitrogen and oxygen atoms in total. The molecule has 0 saturated carbocycles. The highest BCUT2D eigenvalue weighted by Gasteiger charge is 2.17. The van der Waals surface area contributed by atoms with Gasteiger partial charge in [-0.3, -0.25) is 9.36 Å². The third-order valence-electron chi connectivity index (χ3n) is 4.28. The van der Waals surface area contributed by atoms with Crippen molar-refractivity contribution in [3.05, 3.63) is 50.4 Å². The average Bonchev–Trinajstić information content (AvgIpc) is 3.04. The molecule has 0 unspecified atom stereocenters. The highest BCUT2D eigenvalue weighted by atomic mass is 16.5. The van der Waals surface area contributed by atoms with Crippen LogP contribution in [0.3, 0.4) is 0 Å². The van der Waals surface area contributed by atoms with E-state index in [1.807, 2.05) is 0 Å². The third-order valence-corrected chi connectivity index (χ3v) is 4.28. The number of imidazole rings is 1. The van der Waals surface area contributed by atoms with Gasteiger partial charge < -0.3 is 14.0 Å². The smallest absolute Gasteiger partial charge is 0.333 e. The number of nitrogens with zero attached hydrogens (tertiary/aromatic N) is 4. The van der Waals surface area contributed by atoms with Gasteiger partial charge in [0.05, 0.1) is 20.8 Å². The van der Waals surface area contributed by atoms with E-state index in [1.165, 1.54) is 11.6 Å². The summed E-state index contributed by atoms with van der Waals surface area (Å²) in [5, 5.41) is 0. The van der Waals surface area contributed by atoms with Gasteiger partial charge in [0.2, 0.25) is 0 Å². The summed E-state index contributed by atoms with van der Waals surface area (Å²) < 4.78 is 14.3. The SMILES string of the molecule is C#CCn1c(=O)c2c(nc(C#Cc3cc(OC)cc(OC)c3)n2C)n(C)c1=O. The van der Waals surface area contributed by atoms with Crippen molar-refractivity contribution in [3.63, 3.8) is 0 Å². The Bertz CT molecular complexity index is 1270. The molecule has 0 N–H and O–H groups in total. The van der Waals surface area contributed by atoms with Crippen LogP contribution >= 0.6 is 0 Å². The molecule has 28 heavy (non-hydrogen) atoms. The number of methoxy groups -OCH3 is 2. The van der Waals surface area contributed by atoms with Crippen molar-refractivity contribution in [1.82, 2.24) is 18.7 Å². The largest absolute Gasteiger partial charge is 0.497 e. The minimum atomic E-state index is -0.523. The molecule has 142 valence electrons. The van der Waals surface area contributed by atoms with Gasteiger partial charge in [0.25, 0.3) is 5.56 Å². The summed E-state index contributed by atoms with van der Waals surface area (Å²) in [5.74, 6) is 9.78. The number of hydrogen-bond donors (Lipinski definition) is 0. The van der Waals surface area contributed by atoms with Gasteiger partial charge in [0, 0.05) is 25.7 Å². The Kier molecular flexibility index (Phi) is 4.97. The lowest BCUT2D eigenvalue weighted by Crippen LogP contribution is -2.39. The van der Waals surface area contributed by atoms with Gasteiger partial charge in [-0.25, -0.2) is 14.3 Å². The van der Waals surface area contributed by atoms with Crippen molar-refractivity contribution in [2.24, 2.45) is 14.1 Å². The van der Waals surface area contributed by atoms with Crippen LogP contribution in [-0.4, -0.2) is 32.9 Å². The maximum Gasteiger partial charge on any atom is 0.333 e. The number of rotatable bonds is 3. The first-order valence-corrected chi connectivity index (χ1v) is 8.26. The quantitative estimate of drug-likeness (QED) is 0.620. The highest BCUT2D eigenvalue weighted by Crippen LogP contribution is 2.22. The van der Waals surface area contributed by atoms with E-state index >= 15 is 0 Å². The summed E-state index contributed by atoms with van der Waals surface area (Å²) in [6.07, 6.45) is 5.27. The second-order valence-electron chi connectivity index (χ2n) is 5.95. The molecule has 8 heteroatoms. The van der Waals surface area contributed by atoms with Crippen LogP contribution in [-0.2, 0) is 20.6 Å². The Morgan fingerprint density at radius 2 is 1.68 bits per heavy atom. The minimum Gasteiger partial charge on any atom is -0.497 e. The maximum atomic E-state index is 12.7. The number of aryl methyl sites for hydroxylation is 2. The highest BCUT2D eigenvalue weighted by molar-refractivity contribution is 5.72. The summed E-state index contributed by atoms with van der Waals surface area (Å²) in [4.78, 5) is 29.4. The third kappa shape index (κ3) is 3.12. The topological polar surface area (TPSA) is 80.3 Å². The molecule has 0 radical (unpaired) electrons. The van der Waals surface area contributed by atoms with Crippen LogP contribution < -0.4 is 20.7 Å². The van der Waals surface area contributed by atoms with Gasteiger partial charge in [-0.1, -0.05) is 11.8 Å². The van der Waals surface area contributed by atoms with E-state index in [1.54, 1.807) is 44.0 Å². The molecule has 0 aliphatic rings. The van der Waals surface area contributed by atoms with Crippen LogP contribution in [0.5, 0.6) is 11.5 Å². The number of terminal acetylenes is 1. The molecule has 0 spiro atoms. The second kappa shape index (κ2) is 7.37. The number of fused-ring (bicyclic) bond motifs is 1. The van der Waals surface area contributed by atoms with Crippen LogP contribution in [0, 0.1) is 24.2 Å². The number of aromatic nitrogens is 4. The molecule has 1 aromatic carbocycles. The molecular formula is C20H18N4O4. The van der Waals surface area contributed by atoms with Crippen LogP contribution in [0.25, 0.3) is 11.2 Å². The van der Waals surface area contributed by atoms with Gasteiger partial charge in [-0.15, -0.1) is 6.42 Å². The molecule has 0 bridgehead atoms. The molecule has 3 rings (SSSR count). The van der Waals surface area contributed by atoms with E-state index in [-0.39, 0.29) is 17.7 Å². The Morgan fingerprint density at radius 3 is 2.25 bits per heavy atom. The fourth-order valence-corrected chi connectivity index (χ4v) is 2.79. The first kappa shape index (κ1) is 18.9. The van der Waals surface area contributed by atoms with Gasteiger partial charge in [0.1, 0.15) is 11.5 Å². The Labute approximate surface area is 161 Å². The summed E-state index contributed by atoms with van der Waals surface area (Å²) in [6, 6.07) is 5.26. The van der Waals surface area contributed by atoms with E-state index in [0.29, 0.717) is 22.9 Å². The Hall–Kier alpha value is -3.91. The van der Waals surface area contributed by atoms with E-state index in [9.17, 15) is 9.59 Å². The lowest BCUT2D eigenvalue weighted by atomic mass is 10.2. The fraction of sp³-hybridized carbons (Fsp3) is 0.250. The molecule has 0 atom stereocenters. The number of ether oxygens (including phenoxy) is 2. The Balaban J connectivity index is 2.19. The van der Waals surface area contributed by atoms with Crippen LogP contribution in [0.4, 0.5) is 0 Å². The number of hydrogen-bond acceptors (Lipinski definition) is 5.